The Hall–Kier alpha value is -1.92. The van der Waals surface area contributed by atoms with Crippen LogP contribution in [0.4, 0.5) is 18.9 Å². The van der Waals surface area contributed by atoms with Gasteiger partial charge in [-0.2, -0.15) is 18.3 Å². The third kappa shape index (κ3) is 9.83. The van der Waals surface area contributed by atoms with Crippen molar-refractivity contribution in [1.29, 1.82) is 0 Å². The Kier molecular flexibility index (Phi) is 9.70. The van der Waals surface area contributed by atoms with Crippen molar-refractivity contribution in [3.05, 3.63) is 22.1 Å². The molecule has 1 heterocycles. The van der Waals surface area contributed by atoms with Crippen LogP contribution in [0.1, 0.15) is 25.8 Å². The first-order chi connectivity index (χ1) is 14.2. The zero-order chi connectivity index (χ0) is 23.9. The molecule has 0 aliphatic heterocycles. The summed E-state index contributed by atoms with van der Waals surface area (Å²) >= 11 is 0. The van der Waals surface area contributed by atoms with E-state index in [9.17, 15) is 22.8 Å². The molecule has 0 aromatic carbocycles. The molecule has 0 amide bonds. The van der Waals surface area contributed by atoms with Gasteiger partial charge in [-0.25, -0.2) is 4.68 Å². The van der Waals surface area contributed by atoms with Gasteiger partial charge in [0.1, 0.15) is 12.3 Å². The van der Waals surface area contributed by atoms with Crippen LogP contribution in [0.15, 0.2) is 11.0 Å². The maximum Gasteiger partial charge on any atom is 0.423 e. The van der Waals surface area contributed by atoms with Gasteiger partial charge in [0.25, 0.3) is 5.56 Å². The molecule has 0 saturated heterocycles. The van der Waals surface area contributed by atoms with Crippen LogP contribution in [0.5, 0.6) is 0 Å². The highest BCUT2D eigenvalue weighted by Crippen LogP contribution is 2.33. The van der Waals surface area contributed by atoms with E-state index in [1.54, 1.807) is 13.8 Å². The molecule has 1 rings (SSSR count). The zero-order valence-corrected chi connectivity index (χ0v) is 19.9. The monoisotopic (exact) mass is 467 g/mol. The van der Waals surface area contributed by atoms with Crippen molar-refractivity contribution in [2.75, 3.05) is 32.2 Å². The molecule has 1 aromatic rings. The van der Waals surface area contributed by atoms with Crippen molar-refractivity contribution in [3.8, 4) is 0 Å². The summed E-state index contributed by atoms with van der Waals surface area (Å²) in [6.07, 6.45) is -3.90. The molecule has 12 heteroatoms. The molecule has 0 saturated carbocycles. The quantitative estimate of drug-likeness (QED) is 0.286. The summed E-state index contributed by atoms with van der Waals surface area (Å²) in [6.45, 7) is 9.68. The summed E-state index contributed by atoms with van der Waals surface area (Å²) in [4.78, 5) is 23.6. The molecule has 178 valence electrons. The molecule has 1 N–H and O–H groups in total. The molecule has 0 bridgehead atoms. The predicted molar refractivity (Wildman–Crippen MR) is 113 cm³/mol. The minimum absolute atomic E-state index is 0.00974. The molecule has 0 atom stereocenters. The van der Waals surface area contributed by atoms with Crippen molar-refractivity contribution < 1.29 is 32.2 Å². The third-order valence-corrected chi connectivity index (χ3v) is 5.86. The molecule has 1 aromatic heterocycles. The lowest BCUT2D eigenvalue weighted by molar-refractivity contribution is -0.142. The first kappa shape index (κ1) is 27.1. The van der Waals surface area contributed by atoms with E-state index in [4.69, 9.17) is 9.47 Å². The van der Waals surface area contributed by atoms with Crippen molar-refractivity contribution in [2.24, 2.45) is 0 Å². The van der Waals surface area contributed by atoms with Crippen molar-refractivity contribution >= 4 is 19.7 Å². The number of alkyl halides is 3. The highest BCUT2D eigenvalue weighted by Gasteiger charge is 2.39. The predicted octanol–water partition coefficient (Wildman–Crippen LogP) is 3.34. The van der Waals surface area contributed by atoms with E-state index in [1.807, 2.05) is 0 Å². The number of ether oxygens (including phenoxy) is 3. The Morgan fingerprint density at radius 3 is 2.39 bits per heavy atom. The average molecular weight is 468 g/mol. The van der Waals surface area contributed by atoms with Crippen LogP contribution in [-0.2, 0) is 31.9 Å². The number of carbonyl (C=O) groups excluding carboxylic acids is 1. The summed E-state index contributed by atoms with van der Waals surface area (Å²) in [7, 11) is -0.119. The molecule has 0 aliphatic rings. The van der Waals surface area contributed by atoms with Gasteiger partial charge in [0.05, 0.1) is 44.2 Å². The SMILES string of the molecule is COC(=O)CCOCC(C)(C)Nc1cnn(COCC[Si](C)(C)C)c(=O)c1C(F)(F)F. The molecule has 8 nitrogen and oxygen atoms in total. The standard InChI is InChI=1S/C19H32F3N3O5Si/c1-18(2,12-29-8-7-15(26)28-3)24-14-11-23-25(13-30-9-10-31(4,5)6)17(27)16(14)19(20,21)22/h11,24H,7-10,12-13H2,1-6H3. The molecule has 0 fully saturated rings. The van der Waals surface area contributed by atoms with E-state index in [-0.39, 0.29) is 26.4 Å². The topological polar surface area (TPSA) is 91.7 Å². The van der Waals surface area contributed by atoms with E-state index in [0.29, 0.717) is 11.3 Å². The van der Waals surface area contributed by atoms with Gasteiger partial charge in [-0.3, -0.25) is 9.59 Å². The fourth-order valence-electron chi connectivity index (χ4n) is 2.46. The van der Waals surface area contributed by atoms with Crippen LogP contribution in [0.2, 0.25) is 25.7 Å². The van der Waals surface area contributed by atoms with E-state index >= 15 is 0 Å². The average Bonchev–Trinajstić information content (AvgIpc) is 2.61. The molecule has 0 unspecified atom stereocenters. The Bertz CT molecular complexity index is 791. The number of hydrogen-bond acceptors (Lipinski definition) is 7. The minimum Gasteiger partial charge on any atom is -0.469 e. The summed E-state index contributed by atoms with van der Waals surface area (Å²) in [6, 6.07) is 0.817. The lowest BCUT2D eigenvalue weighted by atomic mass is 10.1. The first-order valence-corrected chi connectivity index (χ1v) is 13.5. The Morgan fingerprint density at radius 2 is 1.84 bits per heavy atom. The molecule has 0 radical (unpaired) electrons. The number of methoxy groups -OCH3 is 1. The normalized spacial score (nSPS) is 12.7. The molecule has 0 spiro atoms. The van der Waals surface area contributed by atoms with Gasteiger partial charge in [-0.1, -0.05) is 19.6 Å². The summed E-state index contributed by atoms with van der Waals surface area (Å²) in [5.41, 5.74) is -4.05. The fraction of sp³-hybridized carbons (Fsp3) is 0.737. The van der Waals surface area contributed by atoms with E-state index in [2.05, 4.69) is 34.8 Å². The molecule has 31 heavy (non-hydrogen) atoms. The number of rotatable bonds is 12. The van der Waals surface area contributed by atoms with Crippen LogP contribution >= 0.6 is 0 Å². The van der Waals surface area contributed by atoms with Gasteiger partial charge >= 0.3 is 12.1 Å². The maximum absolute atomic E-state index is 13.6. The van der Waals surface area contributed by atoms with Gasteiger partial charge in [-0.15, -0.1) is 0 Å². The smallest absolute Gasteiger partial charge is 0.423 e. The second-order valence-electron chi connectivity index (χ2n) is 8.97. The van der Waals surface area contributed by atoms with E-state index in [1.165, 1.54) is 7.11 Å². The highest BCUT2D eigenvalue weighted by molar-refractivity contribution is 6.76. The van der Waals surface area contributed by atoms with Crippen molar-refractivity contribution in [1.82, 2.24) is 9.78 Å². The lowest BCUT2D eigenvalue weighted by Crippen LogP contribution is -2.40. The Morgan fingerprint density at radius 1 is 1.19 bits per heavy atom. The van der Waals surface area contributed by atoms with Crippen molar-refractivity contribution in [3.63, 3.8) is 0 Å². The highest BCUT2D eigenvalue weighted by atomic mass is 28.3. The molecular formula is C19H32F3N3O5Si. The lowest BCUT2D eigenvalue weighted by Gasteiger charge is -2.28. The van der Waals surface area contributed by atoms with Crippen LogP contribution in [0.25, 0.3) is 0 Å². The number of anilines is 1. The summed E-state index contributed by atoms with van der Waals surface area (Å²) in [5, 5.41) is 6.51. The number of carbonyl (C=O) groups is 1. The number of nitrogens with one attached hydrogen (secondary N) is 1. The fourth-order valence-corrected chi connectivity index (χ4v) is 3.22. The van der Waals surface area contributed by atoms with Gasteiger partial charge in [0.15, 0.2) is 0 Å². The van der Waals surface area contributed by atoms with Crippen LogP contribution < -0.4 is 10.9 Å². The number of esters is 1. The number of hydrogen-bond donors (Lipinski definition) is 1. The largest absolute Gasteiger partial charge is 0.469 e. The second-order valence-corrected chi connectivity index (χ2v) is 14.6. The van der Waals surface area contributed by atoms with E-state index < -0.39 is 42.6 Å². The van der Waals surface area contributed by atoms with Crippen LogP contribution in [-0.4, -0.2) is 56.3 Å². The van der Waals surface area contributed by atoms with Gasteiger partial charge in [0, 0.05) is 14.7 Å². The van der Waals surface area contributed by atoms with Crippen LogP contribution in [0, 0.1) is 0 Å². The van der Waals surface area contributed by atoms with Crippen molar-refractivity contribution in [2.45, 2.75) is 64.4 Å². The molecule has 0 aliphatic carbocycles. The Labute approximate surface area is 181 Å². The Balaban J connectivity index is 2.91. The second kappa shape index (κ2) is 11.1. The number of nitrogens with zero attached hydrogens (tertiary/aromatic N) is 2. The zero-order valence-electron chi connectivity index (χ0n) is 18.9. The number of aromatic nitrogens is 2. The van der Waals surface area contributed by atoms with Gasteiger partial charge in [-0.05, 0) is 19.9 Å². The van der Waals surface area contributed by atoms with Gasteiger partial charge in [0.2, 0.25) is 0 Å². The van der Waals surface area contributed by atoms with Crippen LogP contribution in [0.3, 0.4) is 0 Å². The van der Waals surface area contributed by atoms with Gasteiger partial charge < -0.3 is 19.5 Å². The molecular weight excluding hydrogens is 435 g/mol. The summed E-state index contributed by atoms with van der Waals surface area (Å²) in [5.74, 6) is -0.454. The number of halogens is 3. The third-order valence-electron chi connectivity index (χ3n) is 4.15. The first-order valence-electron chi connectivity index (χ1n) is 9.84. The van der Waals surface area contributed by atoms with E-state index in [0.717, 1.165) is 12.2 Å². The maximum atomic E-state index is 13.6. The minimum atomic E-state index is -4.88. The summed E-state index contributed by atoms with van der Waals surface area (Å²) < 4.78 is 56.8.